The first-order valence-electron chi connectivity index (χ1n) is 8.70. The fraction of sp³-hybridized carbons (Fsp3) is 0.278. The summed E-state index contributed by atoms with van der Waals surface area (Å²) in [6, 6.07) is 13.2. The highest BCUT2D eigenvalue weighted by Gasteiger charge is 2.33. The fourth-order valence-corrected chi connectivity index (χ4v) is 6.93. The number of para-hydroxylation sites is 1. The van der Waals surface area contributed by atoms with Gasteiger partial charge in [0.2, 0.25) is 10.0 Å². The third-order valence-electron chi connectivity index (χ3n) is 4.91. The number of rotatable bonds is 3. The van der Waals surface area contributed by atoms with Crippen LogP contribution in [0.3, 0.4) is 0 Å². The van der Waals surface area contributed by atoms with Crippen LogP contribution in [0.5, 0.6) is 0 Å². The SMILES string of the molecule is O=S(=O)(c1cccc2nsnc12)N1CCCC(c2nc3ccccc3s2)C1. The number of benzene rings is 2. The molecule has 1 unspecified atom stereocenters. The molecule has 0 aliphatic carbocycles. The molecule has 0 spiro atoms. The van der Waals surface area contributed by atoms with Crippen molar-refractivity contribution in [3.05, 3.63) is 47.5 Å². The van der Waals surface area contributed by atoms with E-state index in [1.165, 1.54) is 0 Å². The third-order valence-corrected chi connectivity index (χ3v) is 8.55. The van der Waals surface area contributed by atoms with Gasteiger partial charge in [0.25, 0.3) is 0 Å². The van der Waals surface area contributed by atoms with Gasteiger partial charge in [-0.25, -0.2) is 13.4 Å². The second-order valence-corrected chi connectivity index (χ2v) is 10.1. The maximum absolute atomic E-state index is 13.3. The van der Waals surface area contributed by atoms with Crippen molar-refractivity contribution in [3.8, 4) is 0 Å². The maximum atomic E-state index is 13.3. The van der Waals surface area contributed by atoms with Crippen LogP contribution in [0.1, 0.15) is 23.8 Å². The van der Waals surface area contributed by atoms with E-state index in [4.69, 9.17) is 4.98 Å². The smallest absolute Gasteiger partial charge is 0.241 e. The van der Waals surface area contributed by atoms with E-state index in [9.17, 15) is 8.42 Å². The number of fused-ring (bicyclic) bond motifs is 2. The minimum Gasteiger partial charge on any atom is -0.241 e. The standard InChI is InChI=1S/C18H16N4O2S3/c23-27(24,16-9-3-7-14-17(16)21-26-20-14)22-10-4-5-12(11-22)18-19-13-6-1-2-8-15(13)25-18/h1-3,6-9,12H,4-5,10-11H2. The van der Waals surface area contributed by atoms with E-state index in [0.29, 0.717) is 24.1 Å². The van der Waals surface area contributed by atoms with Crippen LogP contribution in [0.4, 0.5) is 0 Å². The summed E-state index contributed by atoms with van der Waals surface area (Å²) in [5.41, 5.74) is 2.07. The summed E-state index contributed by atoms with van der Waals surface area (Å²) in [6.45, 7) is 0.980. The number of hydrogen-bond donors (Lipinski definition) is 0. The number of piperidine rings is 1. The van der Waals surface area contributed by atoms with Crippen molar-refractivity contribution >= 4 is 54.3 Å². The zero-order valence-corrected chi connectivity index (χ0v) is 16.7. The molecule has 0 radical (unpaired) electrons. The summed E-state index contributed by atoms with van der Waals surface area (Å²) in [6.07, 6.45) is 1.78. The molecular weight excluding hydrogens is 400 g/mol. The van der Waals surface area contributed by atoms with Crippen molar-refractivity contribution in [1.29, 1.82) is 0 Å². The Morgan fingerprint density at radius 2 is 1.89 bits per heavy atom. The molecule has 1 atom stereocenters. The lowest BCUT2D eigenvalue weighted by Crippen LogP contribution is -2.39. The summed E-state index contributed by atoms with van der Waals surface area (Å²) < 4.78 is 37.7. The second-order valence-electron chi connectivity index (χ2n) is 6.61. The van der Waals surface area contributed by atoms with E-state index in [2.05, 4.69) is 14.8 Å². The Morgan fingerprint density at radius 1 is 1.04 bits per heavy atom. The Hall–Kier alpha value is -1.94. The van der Waals surface area contributed by atoms with Gasteiger partial charge in [0, 0.05) is 19.0 Å². The molecular formula is C18H16N4O2S3. The summed E-state index contributed by atoms with van der Waals surface area (Å²) in [7, 11) is -3.62. The van der Waals surface area contributed by atoms with Gasteiger partial charge in [-0.15, -0.1) is 11.3 Å². The van der Waals surface area contributed by atoms with Crippen molar-refractivity contribution < 1.29 is 8.42 Å². The van der Waals surface area contributed by atoms with Gasteiger partial charge in [0.1, 0.15) is 15.9 Å². The largest absolute Gasteiger partial charge is 0.245 e. The average molecular weight is 417 g/mol. The molecule has 3 heterocycles. The highest BCUT2D eigenvalue weighted by Crippen LogP contribution is 2.35. The molecule has 0 N–H and O–H groups in total. The summed E-state index contributed by atoms with van der Waals surface area (Å²) in [5.74, 6) is 0.124. The molecule has 1 fully saturated rings. The molecule has 0 bridgehead atoms. The minimum atomic E-state index is -3.62. The van der Waals surface area contributed by atoms with Crippen molar-refractivity contribution in [2.75, 3.05) is 13.1 Å². The van der Waals surface area contributed by atoms with Crippen LogP contribution < -0.4 is 0 Å². The Bertz CT molecular complexity index is 1200. The van der Waals surface area contributed by atoms with Crippen LogP contribution in [0.15, 0.2) is 47.4 Å². The molecule has 6 nitrogen and oxygen atoms in total. The van der Waals surface area contributed by atoms with E-state index < -0.39 is 10.0 Å². The molecule has 1 aliphatic rings. The molecule has 2 aromatic carbocycles. The predicted molar refractivity (Wildman–Crippen MR) is 108 cm³/mol. The Kier molecular flexibility index (Phi) is 4.19. The van der Waals surface area contributed by atoms with Crippen molar-refractivity contribution in [1.82, 2.24) is 18.0 Å². The molecule has 1 saturated heterocycles. The zero-order chi connectivity index (χ0) is 18.4. The quantitative estimate of drug-likeness (QED) is 0.507. The van der Waals surface area contributed by atoms with Crippen LogP contribution in [-0.4, -0.2) is 39.5 Å². The van der Waals surface area contributed by atoms with Crippen LogP contribution in [0.2, 0.25) is 0 Å². The fourth-order valence-electron chi connectivity index (χ4n) is 3.56. The monoisotopic (exact) mass is 416 g/mol. The molecule has 5 rings (SSSR count). The second kappa shape index (κ2) is 6.59. The number of thiazole rings is 1. The van der Waals surface area contributed by atoms with Gasteiger partial charge >= 0.3 is 0 Å². The van der Waals surface area contributed by atoms with E-state index in [1.807, 2.05) is 18.2 Å². The van der Waals surface area contributed by atoms with Gasteiger partial charge in [-0.05, 0) is 37.1 Å². The predicted octanol–water partition coefficient (Wildman–Crippen LogP) is 3.87. The van der Waals surface area contributed by atoms with Gasteiger partial charge in [-0.2, -0.15) is 13.1 Å². The van der Waals surface area contributed by atoms with E-state index in [1.54, 1.807) is 33.8 Å². The normalized spacial score (nSPS) is 19.0. The van der Waals surface area contributed by atoms with E-state index in [-0.39, 0.29) is 10.8 Å². The minimum absolute atomic E-state index is 0.124. The lowest BCUT2D eigenvalue weighted by molar-refractivity contribution is 0.315. The lowest BCUT2D eigenvalue weighted by Gasteiger charge is -2.31. The number of sulfonamides is 1. The number of nitrogens with zero attached hydrogens (tertiary/aromatic N) is 4. The van der Waals surface area contributed by atoms with Crippen LogP contribution in [0.25, 0.3) is 21.3 Å². The maximum Gasteiger partial charge on any atom is 0.245 e. The topological polar surface area (TPSA) is 76.1 Å². The van der Waals surface area contributed by atoms with Crippen molar-refractivity contribution in [2.24, 2.45) is 0 Å². The summed E-state index contributed by atoms with van der Waals surface area (Å²) >= 11 is 2.70. The molecule has 2 aromatic heterocycles. The first-order valence-corrected chi connectivity index (χ1v) is 11.7. The van der Waals surface area contributed by atoms with Crippen molar-refractivity contribution in [2.45, 2.75) is 23.7 Å². The molecule has 138 valence electrons. The van der Waals surface area contributed by atoms with E-state index >= 15 is 0 Å². The summed E-state index contributed by atoms with van der Waals surface area (Å²) in [4.78, 5) is 4.99. The van der Waals surface area contributed by atoms with E-state index in [0.717, 1.165) is 39.8 Å². The Balaban J connectivity index is 1.49. The molecule has 1 aliphatic heterocycles. The highest BCUT2D eigenvalue weighted by molar-refractivity contribution is 7.89. The number of hydrogen-bond acceptors (Lipinski definition) is 7. The van der Waals surface area contributed by atoms with Crippen LogP contribution >= 0.6 is 23.1 Å². The third kappa shape index (κ3) is 2.94. The van der Waals surface area contributed by atoms with Gasteiger partial charge in [0.15, 0.2) is 0 Å². The molecule has 4 aromatic rings. The Labute approximate surface area is 164 Å². The average Bonchev–Trinajstić information content (AvgIpc) is 3.34. The molecule has 9 heteroatoms. The molecule has 0 saturated carbocycles. The first-order chi connectivity index (χ1) is 13.1. The Morgan fingerprint density at radius 3 is 2.78 bits per heavy atom. The van der Waals surface area contributed by atoms with Gasteiger partial charge < -0.3 is 0 Å². The van der Waals surface area contributed by atoms with Crippen molar-refractivity contribution in [3.63, 3.8) is 0 Å². The molecule has 27 heavy (non-hydrogen) atoms. The van der Waals surface area contributed by atoms with Gasteiger partial charge in [-0.1, -0.05) is 18.2 Å². The van der Waals surface area contributed by atoms with Gasteiger partial charge in [-0.3, -0.25) is 0 Å². The number of aromatic nitrogens is 3. The van der Waals surface area contributed by atoms with Crippen LogP contribution in [-0.2, 0) is 10.0 Å². The highest BCUT2D eigenvalue weighted by atomic mass is 32.2. The zero-order valence-electron chi connectivity index (χ0n) is 14.3. The van der Waals surface area contributed by atoms with Gasteiger partial charge in [0.05, 0.1) is 27.0 Å². The first kappa shape index (κ1) is 17.2. The van der Waals surface area contributed by atoms with Crippen LogP contribution in [0, 0.1) is 0 Å². The summed E-state index contributed by atoms with van der Waals surface area (Å²) in [5, 5.41) is 1.02. The molecule has 0 amide bonds. The lowest BCUT2D eigenvalue weighted by atomic mass is 10.0.